The van der Waals surface area contributed by atoms with E-state index in [9.17, 15) is 19.2 Å². The molecule has 11 nitrogen and oxygen atoms in total. The Kier molecular flexibility index (Phi) is 6.93. The highest BCUT2D eigenvalue weighted by atomic mass is 16.2. The zero-order chi connectivity index (χ0) is 22.5. The predicted molar refractivity (Wildman–Crippen MR) is 113 cm³/mol. The van der Waals surface area contributed by atoms with Gasteiger partial charge in [-0.15, -0.1) is 0 Å². The number of carbonyl (C=O) groups is 4. The molecule has 0 aliphatic carbocycles. The molecule has 0 bridgehead atoms. The average Bonchev–Trinajstić information content (AvgIpc) is 2.85. The summed E-state index contributed by atoms with van der Waals surface area (Å²) < 4.78 is 0. The lowest BCUT2D eigenvalue weighted by atomic mass is 9.95. The number of carbonyl (C=O) groups excluding carboxylic acids is 4. The van der Waals surface area contributed by atoms with Gasteiger partial charge in [-0.25, -0.2) is 4.98 Å². The van der Waals surface area contributed by atoms with Crippen molar-refractivity contribution < 1.29 is 19.2 Å². The van der Waals surface area contributed by atoms with Gasteiger partial charge in [0.1, 0.15) is 17.8 Å². The SMILES string of the molecule is O=C(N[C@@H]1CCCNC1=O)[C@H]1CN(C(=O)c2cnccn2)CCN1C(=O)C1CCNCC1. The topological polar surface area (TPSA) is 137 Å². The average molecular weight is 444 g/mol. The molecule has 1 aromatic rings. The van der Waals surface area contributed by atoms with E-state index in [1.54, 1.807) is 4.90 Å². The quantitative estimate of drug-likeness (QED) is 0.516. The number of hydrogen-bond donors (Lipinski definition) is 3. The summed E-state index contributed by atoms with van der Waals surface area (Å²) in [5, 5.41) is 8.80. The van der Waals surface area contributed by atoms with Crippen LogP contribution in [-0.4, -0.2) is 94.7 Å². The van der Waals surface area contributed by atoms with E-state index < -0.39 is 18.0 Å². The van der Waals surface area contributed by atoms with Gasteiger partial charge in [-0.3, -0.25) is 24.2 Å². The van der Waals surface area contributed by atoms with Gasteiger partial charge in [-0.1, -0.05) is 0 Å². The van der Waals surface area contributed by atoms with Crippen molar-refractivity contribution in [2.24, 2.45) is 5.92 Å². The summed E-state index contributed by atoms with van der Waals surface area (Å²) >= 11 is 0. The molecule has 3 fully saturated rings. The van der Waals surface area contributed by atoms with Crippen LogP contribution in [0.1, 0.15) is 36.2 Å². The van der Waals surface area contributed by atoms with E-state index in [1.807, 2.05) is 0 Å². The summed E-state index contributed by atoms with van der Waals surface area (Å²) in [5.74, 6) is -1.17. The highest BCUT2D eigenvalue weighted by Gasteiger charge is 2.41. The molecule has 3 aliphatic rings. The summed E-state index contributed by atoms with van der Waals surface area (Å²) in [6.45, 7) is 2.73. The molecule has 11 heteroatoms. The van der Waals surface area contributed by atoms with Crippen LogP contribution in [0.15, 0.2) is 18.6 Å². The zero-order valence-corrected chi connectivity index (χ0v) is 18.0. The van der Waals surface area contributed by atoms with Gasteiger partial charge in [0.15, 0.2) is 0 Å². The Bertz CT molecular complexity index is 859. The van der Waals surface area contributed by atoms with Crippen LogP contribution < -0.4 is 16.0 Å². The molecule has 4 heterocycles. The highest BCUT2D eigenvalue weighted by molar-refractivity contribution is 5.95. The first-order valence-electron chi connectivity index (χ1n) is 11.2. The second kappa shape index (κ2) is 10.0. The van der Waals surface area contributed by atoms with Crippen LogP contribution in [0.3, 0.4) is 0 Å². The predicted octanol–water partition coefficient (Wildman–Crippen LogP) is -1.48. The van der Waals surface area contributed by atoms with E-state index in [1.165, 1.54) is 23.5 Å². The standard InChI is InChI=1S/C21H29N7O4/c29-18-15(2-1-5-25-18)26-19(30)17-13-27(21(32)16-12-23-8-9-24-16)10-11-28(17)20(31)14-3-6-22-7-4-14/h8-9,12,14-15,17,22H,1-7,10-11,13H2,(H,25,29)(H,26,30)/t15-,17-/m1/s1. The van der Waals surface area contributed by atoms with Crippen molar-refractivity contribution in [2.45, 2.75) is 37.8 Å². The minimum atomic E-state index is -0.860. The Balaban J connectivity index is 1.51. The third-order valence-corrected chi connectivity index (χ3v) is 6.33. The summed E-state index contributed by atoms with van der Waals surface area (Å²) in [5.41, 5.74) is 0.191. The molecule has 0 aromatic carbocycles. The van der Waals surface area contributed by atoms with Gasteiger partial charge in [0.05, 0.1) is 12.7 Å². The molecule has 3 saturated heterocycles. The van der Waals surface area contributed by atoms with Gasteiger partial charge in [0, 0.05) is 37.9 Å². The Morgan fingerprint density at radius 1 is 1.06 bits per heavy atom. The second-order valence-corrected chi connectivity index (χ2v) is 8.41. The summed E-state index contributed by atoms with van der Waals surface area (Å²) in [7, 11) is 0. The smallest absolute Gasteiger partial charge is 0.274 e. The Hall–Kier alpha value is -3.08. The van der Waals surface area contributed by atoms with Crippen LogP contribution >= 0.6 is 0 Å². The molecule has 0 unspecified atom stereocenters. The lowest BCUT2D eigenvalue weighted by molar-refractivity contribution is -0.147. The van der Waals surface area contributed by atoms with Crippen LogP contribution in [0.25, 0.3) is 0 Å². The van der Waals surface area contributed by atoms with Gasteiger partial charge >= 0.3 is 0 Å². The number of nitrogens with one attached hydrogen (secondary N) is 3. The van der Waals surface area contributed by atoms with Gasteiger partial charge < -0.3 is 25.8 Å². The molecule has 4 amide bonds. The molecule has 1 aromatic heterocycles. The molecule has 0 spiro atoms. The maximum atomic E-state index is 13.3. The number of nitrogens with zero attached hydrogens (tertiary/aromatic N) is 4. The second-order valence-electron chi connectivity index (χ2n) is 8.41. The first-order chi connectivity index (χ1) is 15.5. The fraction of sp³-hybridized carbons (Fsp3) is 0.619. The van der Waals surface area contributed by atoms with Crippen LogP contribution in [-0.2, 0) is 14.4 Å². The number of aromatic nitrogens is 2. The molecule has 0 saturated carbocycles. The van der Waals surface area contributed by atoms with Crippen LogP contribution in [0.2, 0.25) is 0 Å². The fourth-order valence-corrected chi connectivity index (χ4v) is 4.51. The molecular weight excluding hydrogens is 414 g/mol. The molecule has 4 rings (SSSR count). The van der Waals surface area contributed by atoms with E-state index >= 15 is 0 Å². The largest absolute Gasteiger partial charge is 0.354 e. The molecule has 0 radical (unpaired) electrons. The third-order valence-electron chi connectivity index (χ3n) is 6.33. The first-order valence-corrected chi connectivity index (χ1v) is 11.2. The van der Waals surface area contributed by atoms with Crippen molar-refractivity contribution in [2.75, 3.05) is 39.3 Å². The van der Waals surface area contributed by atoms with Gasteiger partial charge in [0.2, 0.25) is 17.7 Å². The molecule has 172 valence electrons. The molecule has 32 heavy (non-hydrogen) atoms. The lowest BCUT2D eigenvalue weighted by Crippen LogP contribution is -2.64. The molecular formula is C21H29N7O4. The van der Waals surface area contributed by atoms with E-state index in [0.29, 0.717) is 19.5 Å². The maximum absolute atomic E-state index is 13.3. The first kappa shape index (κ1) is 22.1. The molecule has 3 N–H and O–H groups in total. The minimum absolute atomic E-state index is 0.0479. The number of hydrogen-bond acceptors (Lipinski definition) is 7. The summed E-state index contributed by atoms with van der Waals surface area (Å²) in [6.07, 6.45) is 7.07. The van der Waals surface area contributed by atoms with Crippen molar-refractivity contribution in [1.29, 1.82) is 0 Å². The molecule has 2 atom stereocenters. The van der Waals surface area contributed by atoms with Gasteiger partial charge in [-0.05, 0) is 38.8 Å². The van der Waals surface area contributed by atoms with E-state index in [4.69, 9.17) is 0 Å². The van der Waals surface area contributed by atoms with Gasteiger partial charge in [-0.2, -0.15) is 0 Å². The Morgan fingerprint density at radius 2 is 1.88 bits per heavy atom. The van der Waals surface area contributed by atoms with E-state index in [0.717, 1.165) is 32.4 Å². The minimum Gasteiger partial charge on any atom is -0.354 e. The zero-order valence-electron chi connectivity index (χ0n) is 18.0. The number of amides is 4. The van der Waals surface area contributed by atoms with Crippen molar-refractivity contribution in [3.8, 4) is 0 Å². The van der Waals surface area contributed by atoms with Crippen LogP contribution in [0.4, 0.5) is 0 Å². The normalized spacial score (nSPS) is 24.6. The Labute approximate surface area is 186 Å². The Morgan fingerprint density at radius 3 is 2.59 bits per heavy atom. The fourth-order valence-electron chi connectivity index (χ4n) is 4.51. The van der Waals surface area contributed by atoms with E-state index in [2.05, 4.69) is 25.9 Å². The monoisotopic (exact) mass is 443 g/mol. The highest BCUT2D eigenvalue weighted by Crippen LogP contribution is 2.21. The maximum Gasteiger partial charge on any atom is 0.274 e. The number of piperazine rings is 1. The molecule has 3 aliphatic heterocycles. The van der Waals surface area contributed by atoms with Crippen LogP contribution in [0, 0.1) is 5.92 Å². The van der Waals surface area contributed by atoms with Crippen molar-refractivity contribution >= 4 is 23.6 Å². The summed E-state index contributed by atoms with van der Waals surface area (Å²) in [4.78, 5) is 62.7. The number of rotatable bonds is 4. The van der Waals surface area contributed by atoms with Crippen molar-refractivity contribution in [3.63, 3.8) is 0 Å². The van der Waals surface area contributed by atoms with Gasteiger partial charge in [0.25, 0.3) is 5.91 Å². The van der Waals surface area contributed by atoms with Crippen molar-refractivity contribution in [3.05, 3.63) is 24.3 Å². The number of piperidine rings is 2. The lowest BCUT2D eigenvalue weighted by Gasteiger charge is -2.42. The van der Waals surface area contributed by atoms with Crippen molar-refractivity contribution in [1.82, 2.24) is 35.7 Å². The van der Waals surface area contributed by atoms with E-state index in [-0.39, 0.29) is 42.4 Å². The third kappa shape index (κ3) is 4.87. The van der Waals surface area contributed by atoms with Crippen LogP contribution in [0.5, 0.6) is 0 Å². The summed E-state index contributed by atoms with van der Waals surface area (Å²) in [6, 6.07) is -1.49.